The van der Waals surface area contributed by atoms with Crippen molar-refractivity contribution >= 4 is 22.5 Å². The lowest BCUT2D eigenvalue weighted by molar-refractivity contribution is 0.958. The van der Waals surface area contributed by atoms with E-state index in [2.05, 4.69) is 9.97 Å². The molecule has 0 spiro atoms. The maximum atomic E-state index is 12.3. The molecule has 25 heavy (non-hydrogen) atoms. The number of aryl methyl sites for hydroxylation is 2. The quantitative estimate of drug-likeness (QED) is 0.534. The summed E-state index contributed by atoms with van der Waals surface area (Å²) in [5, 5.41) is 1.25. The number of fused-ring (bicyclic) bond motifs is 2. The van der Waals surface area contributed by atoms with Crippen LogP contribution in [-0.2, 0) is 0 Å². The molecule has 0 atom stereocenters. The molecule has 0 saturated carbocycles. The molecule has 0 saturated heterocycles. The number of rotatable bonds is 1. The van der Waals surface area contributed by atoms with E-state index in [1.807, 2.05) is 44.2 Å². The van der Waals surface area contributed by atoms with Crippen LogP contribution in [-0.4, -0.2) is 14.5 Å². The van der Waals surface area contributed by atoms with Crippen molar-refractivity contribution in [3.8, 4) is 17.1 Å². The fraction of sp³-hybridized carbons (Fsp3) is 0.105. The Kier molecular flexibility index (Phi) is 3.47. The van der Waals surface area contributed by atoms with Crippen LogP contribution in [0.15, 0.2) is 52.1 Å². The van der Waals surface area contributed by atoms with Gasteiger partial charge >= 0.3 is 5.69 Å². The van der Waals surface area contributed by atoms with Crippen LogP contribution in [0.1, 0.15) is 11.1 Å². The highest BCUT2D eigenvalue weighted by atomic mass is 35.5. The summed E-state index contributed by atoms with van der Waals surface area (Å²) in [6.45, 7) is 4.04. The lowest BCUT2D eigenvalue weighted by atomic mass is 10.1. The number of pyridine rings is 1. The van der Waals surface area contributed by atoms with Crippen molar-refractivity contribution in [2.75, 3.05) is 0 Å². The van der Waals surface area contributed by atoms with Gasteiger partial charge in [0.15, 0.2) is 5.82 Å². The zero-order valence-corrected chi connectivity index (χ0v) is 14.4. The van der Waals surface area contributed by atoms with E-state index >= 15 is 0 Å². The Bertz CT molecular complexity index is 1220. The molecule has 2 aliphatic rings. The van der Waals surface area contributed by atoms with Gasteiger partial charge in [-0.05, 0) is 55.3 Å². The summed E-state index contributed by atoms with van der Waals surface area (Å²) in [5.74, 6) is 0.312. The van der Waals surface area contributed by atoms with Gasteiger partial charge in [0.05, 0.1) is 11.1 Å². The van der Waals surface area contributed by atoms with Crippen molar-refractivity contribution in [3.05, 3.63) is 79.5 Å². The van der Waals surface area contributed by atoms with Crippen molar-refractivity contribution in [2.24, 2.45) is 0 Å². The lowest BCUT2D eigenvalue weighted by Gasteiger charge is -2.18. The lowest BCUT2D eigenvalue weighted by Crippen LogP contribution is -2.27. The highest BCUT2D eigenvalue weighted by Gasteiger charge is 2.19. The summed E-state index contributed by atoms with van der Waals surface area (Å²) < 4.78 is 1.81. The van der Waals surface area contributed by atoms with Crippen molar-refractivity contribution in [2.45, 2.75) is 13.8 Å². The summed E-state index contributed by atoms with van der Waals surface area (Å²) in [6.07, 6.45) is 0. The third-order valence-electron chi connectivity index (χ3n) is 4.43. The Morgan fingerprint density at radius 2 is 1.84 bits per heavy atom. The number of halogens is 1. The summed E-state index contributed by atoms with van der Waals surface area (Å²) in [5.41, 5.74) is 3.02. The molecule has 4 rings (SSSR count). The number of nitrogens with one attached hydrogen (secondary N) is 1. The van der Waals surface area contributed by atoms with Crippen LogP contribution in [0.2, 0.25) is 5.02 Å². The third kappa shape index (κ3) is 2.44. The summed E-state index contributed by atoms with van der Waals surface area (Å²) >= 11 is 6.35. The van der Waals surface area contributed by atoms with Crippen molar-refractivity contribution in [1.82, 2.24) is 14.5 Å². The standard InChI is InChI=1S/C19H14ClN3O2/c1-10-6-7-12(8-11(10)2)23-16-5-3-4-15(20)13(16)9-14-17(23)21-19(25)22-18(14)24/h3-9H,1-2H3,(H,22,24,25). The first kappa shape index (κ1) is 15.6. The summed E-state index contributed by atoms with van der Waals surface area (Å²) in [6, 6.07) is 13.1. The van der Waals surface area contributed by atoms with E-state index in [4.69, 9.17) is 11.6 Å². The highest BCUT2D eigenvalue weighted by Crippen LogP contribution is 2.32. The van der Waals surface area contributed by atoms with Crippen LogP contribution in [0.5, 0.6) is 0 Å². The fourth-order valence-electron chi connectivity index (χ4n) is 3.00. The molecular weight excluding hydrogens is 338 g/mol. The molecule has 0 bridgehead atoms. The average Bonchev–Trinajstić information content (AvgIpc) is 2.56. The topological polar surface area (TPSA) is 67.8 Å². The van der Waals surface area contributed by atoms with Crippen LogP contribution in [0.4, 0.5) is 0 Å². The number of benzene rings is 2. The van der Waals surface area contributed by atoms with E-state index in [9.17, 15) is 9.59 Å². The molecule has 0 aromatic heterocycles. The molecule has 2 aromatic carbocycles. The second-order valence-corrected chi connectivity index (χ2v) is 6.44. The first-order chi connectivity index (χ1) is 12.0. The second-order valence-electron chi connectivity index (χ2n) is 6.03. The van der Waals surface area contributed by atoms with Crippen molar-refractivity contribution in [3.63, 3.8) is 0 Å². The van der Waals surface area contributed by atoms with E-state index in [1.54, 1.807) is 16.7 Å². The van der Waals surface area contributed by atoms with Gasteiger partial charge in [0, 0.05) is 16.1 Å². The number of aromatic nitrogens is 3. The van der Waals surface area contributed by atoms with Gasteiger partial charge in [-0.3, -0.25) is 14.3 Å². The van der Waals surface area contributed by atoms with Crippen LogP contribution in [0.25, 0.3) is 28.0 Å². The molecule has 1 N–H and O–H groups in total. The van der Waals surface area contributed by atoms with Gasteiger partial charge in [0.2, 0.25) is 0 Å². The van der Waals surface area contributed by atoms with E-state index in [0.717, 1.165) is 27.7 Å². The Labute approximate surface area is 147 Å². The van der Waals surface area contributed by atoms with Crippen molar-refractivity contribution < 1.29 is 0 Å². The van der Waals surface area contributed by atoms with Crippen LogP contribution >= 0.6 is 11.6 Å². The van der Waals surface area contributed by atoms with Crippen LogP contribution in [0, 0.1) is 13.8 Å². The zero-order valence-electron chi connectivity index (χ0n) is 13.6. The molecule has 2 aliphatic heterocycles. The number of hydrogen-bond acceptors (Lipinski definition) is 3. The number of aromatic amines is 1. The second kappa shape index (κ2) is 5.57. The Morgan fingerprint density at radius 1 is 1.04 bits per heavy atom. The molecular formula is C19H14ClN3O2. The van der Waals surface area contributed by atoms with Crippen LogP contribution in [0.3, 0.4) is 0 Å². The maximum Gasteiger partial charge on any atom is 0.349 e. The molecule has 0 unspecified atom stereocenters. The smallest absolute Gasteiger partial charge is 0.294 e. The molecule has 0 radical (unpaired) electrons. The molecule has 0 amide bonds. The van der Waals surface area contributed by atoms with Gasteiger partial charge in [-0.15, -0.1) is 0 Å². The average molecular weight is 352 g/mol. The minimum absolute atomic E-state index is 0.312. The molecule has 0 fully saturated rings. The molecule has 0 aliphatic carbocycles. The monoisotopic (exact) mass is 351 g/mol. The SMILES string of the molecule is Cc1ccc(-n2c3nc(=O)[nH]c(=O)c-3cc3c(Cl)cccc32)cc1C. The zero-order chi connectivity index (χ0) is 17.7. The van der Waals surface area contributed by atoms with Crippen LogP contribution < -0.4 is 11.2 Å². The molecule has 6 heteroatoms. The van der Waals surface area contributed by atoms with Gasteiger partial charge in [0.25, 0.3) is 5.56 Å². The largest absolute Gasteiger partial charge is 0.349 e. The van der Waals surface area contributed by atoms with Gasteiger partial charge in [-0.1, -0.05) is 23.7 Å². The summed E-state index contributed by atoms with van der Waals surface area (Å²) in [4.78, 5) is 30.4. The predicted octanol–water partition coefficient (Wildman–Crippen LogP) is 3.45. The van der Waals surface area contributed by atoms with E-state index in [-0.39, 0.29) is 0 Å². The Balaban J connectivity index is 2.26. The van der Waals surface area contributed by atoms with Gasteiger partial charge in [0.1, 0.15) is 0 Å². The maximum absolute atomic E-state index is 12.3. The van der Waals surface area contributed by atoms with E-state index in [1.165, 1.54) is 0 Å². The highest BCUT2D eigenvalue weighted by molar-refractivity contribution is 6.35. The number of hydrogen-bond donors (Lipinski definition) is 1. The minimum atomic E-state index is -0.670. The molecule has 2 heterocycles. The first-order valence-corrected chi connectivity index (χ1v) is 8.15. The fourth-order valence-corrected chi connectivity index (χ4v) is 3.22. The Hall–Kier alpha value is -2.92. The van der Waals surface area contributed by atoms with Gasteiger partial charge in [-0.2, -0.15) is 4.98 Å². The Morgan fingerprint density at radius 3 is 2.60 bits per heavy atom. The normalized spacial score (nSPS) is 11.3. The van der Waals surface area contributed by atoms with Crippen molar-refractivity contribution in [1.29, 1.82) is 0 Å². The first-order valence-electron chi connectivity index (χ1n) is 7.77. The van der Waals surface area contributed by atoms with E-state index < -0.39 is 11.2 Å². The molecule has 124 valence electrons. The predicted molar refractivity (Wildman–Crippen MR) is 99.1 cm³/mol. The van der Waals surface area contributed by atoms with Gasteiger partial charge in [-0.25, -0.2) is 4.79 Å². The van der Waals surface area contributed by atoms with E-state index in [0.29, 0.717) is 16.4 Å². The molecule has 2 aromatic rings. The summed E-state index contributed by atoms with van der Waals surface area (Å²) in [7, 11) is 0. The van der Waals surface area contributed by atoms with Gasteiger partial charge < -0.3 is 0 Å². The minimum Gasteiger partial charge on any atom is -0.294 e. The number of nitrogens with zero attached hydrogens (tertiary/aromatic N) is 2. The third-order valence-corrected chi connectivity index (χ3v) is 4.76. The number of H-pyrrole nitrogens is 1. The molecule has 5 nitrogen and oxygen atoms in total.